The second kappa shape index (κ2) is 9.17. The second-order valence-corrected chi connectivity index (χ2v) is 8.25. The maximum Gasteiger partial charge on any atom is 0.441 e. The van der Waals surface area contributed by atoms with Crippen LogP contribution < -0.4 is 5.76 Å². The summed E-state index contributed by atoms with van der Waals surface area (Å²) in [6, 6.07) is 9.39. The summed E-state index contributed by atoms with van der Waals surface area (Å²) in [5.41, 5.74) is 4.39. The molecule has 9 nitrogen and oxygen atoms in total. The Morgan fingerprint density at radius 3 is 2.39 bits per heavy atom. The van der Waals surface area contributed by atoms with Crippen molar-refractivity contribution >= 4 is 0 Å². The van der Waals surface area contributed by atoms with E-state index in [2.05, 4.69) is 33.9 Å². The third kappa shape index (κ3) is 4.79. The molecule has 0 radical (unpaired) electrons. The Hall–Kier alpha value is -2.75. The average Bonchev–Trinajstić information content (AvgIpc) is 3.24. The first-order chi connectivity index (χ1) is 14.9. The van der Waals surface area contributed by atoms with Crippen molar-refractivity contribution in [2.45, 2.75) is 33.0 Å². The van der Waals surface area contributed by atoms with Gasteiger partial charge < -0.3 is 5.11 Å². The average molecular weight is 427 g/mol. The predicted octanol–water partition coefficient (Wildman–Crippen LogP) is 1.03. The zero-order valence-electron chi connectivity index (χ0n) is 18.4. The number of hydrogen-bond donors (Lipinski definition) is 1. The van der Waals surface area contributed by atoms with Crippen molar-refractivity contribution in [2.75, 3.05) is 32.7 Å². The minimum absolute atomic E-state index is 0.154. The fourth-order valence-corrected chi connectivity index (χ4v) is 4.19. The third-order valence-electron chi connectivity index (χ3n) is 6.09. The Labute approximate surface area is 181 Å². The van der Waals surface area contributed by atoms with Gasteiger partial charge in [0, 0.05) is 63.1 Å². The topological polar surface area (TPSA) is 92.6 Å². The Balaban J connectivity index is 1.32. The van der Waals surface area contributed by atoms with Crippen LogP contribution in [0.3, 0.4) is 0 Å². The van der Waals surface area contributed by atoms with E-state index in [1.54, 1.807) is 0 Å². The van der Waals surface area contributed by atoms with Gasteiger partial charge in [-0.3, -0.25) is 23.6 Å². The lowest BCUT2D eigenvalue weighted by atomic mass is 10.1. The first-order valence-electron chi connectivity index (χ1n) is 10.7. The second-order valence-electron chi connectivity index (χ2n) is 8.25. The van der Waals surface area contributed by atoms with Crippen molar-refractivity contribution in [1.29, 1.82) is 0 Å². The van der Waals surface area contributed by atoms with Gasteiger partial charge in [0.05, 0.1) is 18.3 Å². The van der Waals surface area contributed by atoms with Gasteiger partial charge in [-0.25, -0.2) is 4.79 Å². The van der Waals surface area contributed by atoms with Crippen LogP contribution in [0.25, 0.3) is 11.4 Å². The van der Waals surface area contributed by atoms with E-state index in [1.807, 2.05) is 42.1 Å². The highest BCUT2D eigenvalue weighted by Gasteiger charge is 2.23. The standard InChI is InChI=1S/C22H30N6O3/c1-16-20(17(2)25(3)23-16)15-27-11-9-26(10-12-27)13-19(29)14-28-21(24-31-22(28)30)18-7-5-4-6-8-18/h4-8,19,29H,9-15H2,1-3H3. The number of aliphatic hydroxyl groups is 1. The highest BCUT2D eigenvalue weighted by atomic mass is 16.5. The zero-order valence-corrected chi connectivity index (χ0v) is 18.4. The van der Waals surface area contributed by atoms with Crippen LogP contribution in [0.5, 0.6) is 0 Å². The van der Waals surface area contributed by atoms with Crippen molar-refractivity contribution in [2.24, 2.45) is 7.05 Å². The van der Waals surface area contributed by atoms with Crippen LogP contribution in [0.15, 0.2) is 39.6 Å². The van der Waals surface area contributed by atoms with Gasteiger partial charge in [-0.2, -0.15) is 5.10 Å². The van der Waals surface area contributed by atoms with Gasteiger partial charge in [-0.15, -0.1) is 0 Å². The SMILES string of the molecule is Cc1nn(C)c(C)c1CN1CCN(CC(O)Cn2c(-c3ccccc3)noc2=O)CC1. The monoisotopic (exact) mass is 426 g/mol. The summed E-state index contributed by atoms with van der Waals surface area (Å²) in [7, 11) is 1.98. The number of hydrogen-bond acceptors (Lipinski definition) is 7. The molecule has 1 aromatic carbocycles. The van der Waals surface area contributed by atoms with Crippen LogP contribution in [-0.4, -0.2) is 73.2 Å². The van der Waals surface area contributed by atoms with Crippen LogP contribution in [0.2, 0.25) is 0 Å². The molecule has 2 aromatic heterocycles. The molecule has 166 valence electrons. The van der Waals surface area contributed by atoms with Gasteiger partial charge in [0.2, 0.25) is 0 Å². The fraction of sp³-hybridized carbons (Fsp3) is 0.500. The van der Waals surface area contributed by atoms with Crippen molar-refractivity contribution in [3.8, 4) is 11.4 Å². The quantitative estimate of drug-likeness (QED) is 0.603. The minimum atomic E-state index is -0.686. The smallest absolute Gasteiger partial charge is 0.390 e. The Bertz CT molecular complexity index is 1060. The molecule has 0 aliphatic carbocycles. The summed E-state index contributed by atoms with van der Waals surface area (Å²) in [6.45, 7) is 9.35. The highest BCUT2D eigenvalue weighted by Crippen LogP contribution is 2.17. The number of aliphatic hydroxyl groups excluding tert-OH is 1. The summed E-state index contributed by atoms with van der Waals surface area (Å²) in [5, 5.41) is 19.0. The summed E-state index contributed by atoms with van der Waals surface area (Å²) in [6.07, 6.45) is -0.686. The molecule has 1 aliphatic heterocycles. The summed E-state index contributed by atoms with van der Waals surface area (Å²) in [5.74, 6) is -0.110. The molecule has 1 saturated heterocycles. The van der Waals surface area contributed by atoms with Gasteiger partial charge in [-0.05, 0) is 13.8 Å². The Morgan fingerprint density at radius 2 is 1.74 bits per heavy atom. The first kappa shape index (κ1) is 21.5. The van der Waals surface area contributed by atoms with E-state index in [0.717, 1.165) is 44.0 Å². The van der Waals surface area contributed by atoms with Crippen LogP contribution >= 0.6 is 0 Å². The lowest BCUT2D eigenvalue weighted by Crippen LogP contribution is -2.48. The van der Waals surface area contributed by atoms with Crippen LogP contribution in [0, 0.1) is 13.8 Å². The molecule has 1 unspecified atom stereocenters. The number of β-amino-alcohol motifs (C(OH)–C–C–N with tert-alkyl or cyclic N) is 1. The Kier molecular flexibility index (Phi) is 6.35. The van der Waals surface area contributed by atoms with E-state index < -0.39 is 11.9 Å². The van der Waals surface area contributed by atoms with E-state index >= 15 is 0 Å². The largest absolute Gasteiger partial charge is 0.441 e. The van der Waals surface area contributed by atoms with Crippen molar-refractivity contribution in [1.82, 2.24) is 29.3 Å². The zero-order chi connectivity index (χ0) is 22.0. The molecule has 0 spiro atoms. The molecule has 31 heavy (non-hydrogen) atoms. The molecule has 1 atom stereocenters. The molecular weight excluding hydrogens is 396 g/mol. The van der Waals surface area contributed by atoms with Gasteiger partial charge >= 0.3 is 5.76 Å². The molecule has 9 heteroatoms. The molecule has 3 heterocycles. The van der Waals surface area contributed by atoms with Gasteiger partial charge in [0.15, 0.2) is 5.82 Å². The van der Waals surface area contributed by atoms with Crippen LogP contribution in [0.4, 0.5) is 0 Å². The van der Waals surface area contributed by atoms with E-state index in [4.69, 9.17) is 4.52 Å². The van der Waals surface area contributed by atoms with Crippen molar-refractivity contribution in [3.63, 3.8) is 0 Å². The lowest BCUT2D eigenvalue weighted by Gasteiger charge is -2.35. The van der Waals surface area contributed by atoms with E-state index in [-0.39, 0.29) is 6.54 Å². The molecule has 4 rings (SSSR count). The number of rotatable bonds is 7. The fourth-order valence-electron chi connectivity index (χ4n) is 4.19. The number of piperazine rings is 1. The van der Waals surface area contributed by atoms with Crippen molar-refractivity contribution < 1.29 is 9.63 Å². The molecule has 3 aromatic rings. The predicted molar refractivity (Wildman–Crippen MR) is 117 cm³/mol. The first-order valence-corrected chi connectivity index (χ1v) is 10.7. The van der Waals surface area contributed by atoms with Gasteiger partial charge in [0.1, 0.15) is 0 Å². The number of aromatic nitrogens is 4. The lowest BCUT2D eigenvalue weighted by molar-refractivity contribution is 0.0614. The molecular formula is C22H30N6O3. The Morgan fingerprint density at radius 1 is 1.06 bits per heavy atom. The molecule has 0 amide bonds. The summed E-state index contributed by atoms with van der Waals surface area (Å²) in [4.78, 5) is 16.8. The number of nitrogens with zero attached hydrogens (tertiary/aromatic N) is 6. The molecule has 1 N–H and O–H groups in total. The van der Waals surface area contributed by atoms with Crippen molar-refractivity contribution in [3.05, 3.63) is 57.8 Å². The molecule has 1 aliphatic rings. The minimum Gasteiger partial charge on any atom is -0.390 e. The highest BCUT2D eigenvalue weighted by molar-refractivity contribution is 5.54. The molecule has 0 saturated carbocycles. The maximum atomic E-state index is 12.1. The van der Waals surface area contributed by atoms with E-state index in [0.29, 0.717) is 12.4 Å². The van der Waals surface area contributed by atoms with E-state index in [1.165, 1.54) is 15.8 Å². The van der Waals surface area contributed by atoms with Crippen LogP contribution in [-0.2, 0) is 20.1 Å². The number of benzene rings is 1. The van der Waals surface area contributed by atoms with Gasteiger partial charge in [-0.1, -0.05) is 35.5 Å². The third-order valence-corrected chi connectivity index (χ3v) is 6.09. The molecule has 0 bridgehead atoms. The van der Waals surface area contributed by atoms with Crippen LogP contribution in [0.1, 0.15) is 17.0 Å². The summed E-state index contributed by atoms with van der Waals surface area (Å²) < 4.78 is 8.20. The maximum absolute atomic E-state index is 12.1. The normalized spacial score (nSPS) is 16.6. The summed E-state index contributed by atoms with van der Waals surface area (Å²) >= 11 is 0. The molecule has 1 fully saturated rings. The van der Waals surface area contributed by atoms with Gasteiger partial charge in [0.25, 0.3) is 0 Å². The number of aryl methyl sites for hydroxylation is 2. The van der Waals surface area contributed by atoms with E-state index in [9.17, 15) is 9.90 Å².